The lowest BCUT2D eigenvalue weighted by Gasteiger charge is -2.19. The van der Waals surface area contributed by atoms with Crippen LogP contribution >= 0.6 is 23.2 Å². The molecule has 30 heavy (non-hydrogen) atoms. The van der Waals surface area contributed by atoms with Gasteiger partial charge in [-0.15, -0.1) is 4.83 Å². The highest BCUT2D eigenvalue weighted by Gasteiger charge is 2.39. The standard InChI is InChI=1S/C20H15Cl2N3O4S/c1-24(2)17-7-8-18(12-6-4-3-5-11(12)17)30(28,29)23-25-19(26)13-9-15(21)16(22)10-14(13)20(25)27/h3-10,23H,1-2H3. The number of hydrogen-bond acceptors (Lipinski definition) is 5. The van der Waals surface area contributed by atoms with Crippen LogP contribution in [-0.2, 0) is 10.0 Å². The Labute approximate surface area is 182 Å². The van der Waals surface area contributed by atoms with Gasteiger partial charge in [0.25, 0.3) is 21.8 Å². The second kappa shape index (κ2) is 7.24. The summed E-state index contributed by atoms with van der Waals surface area (Å²) in [5.74, 6) is -1.65. The fraction of sp³-hybridized carbons (Fsp3) is 0.100. The summed E-state index contributed by atoms with van der Waals surface area (Å²) in [5.41, 5.74) is 0.782. The van der Waals surface area contributed by atoms with Gasteiger partial charge in [0.15, 0.2) is 0 Å². The van der Waals surface area contributed by atoms with Gasteiger partial charge in [-0.2, -0.15) is 5.01 Å². The third-order valence-corrected chi connectivity index (χ3v) is 6.85. The molecule has 0 fully saturated rings. The summed E-state index contributed by atoms with van der Waals surface area (Å²) < 4.78 is 26.3. The van der Waals surface area contributed by atoms with Crippen molar-refractivity contribution < 1.29 is 18.0 Å². The van der Waals surface area contributed by atoms with Crippen LogP contribution in [-0.4, -0.2) is 39.3 Å². The number of nitrogens with one attached hydrogen (secondary N) is 1. The summed E-state index contributed by atoms with van der Waals surface area (Å²) in [7, 11) is -0.566. The maximum atomic E-state index is 13.1. The highest BCUT2D eigenvalue weighted by Crippen LogP contribution is 2.33. The number of amides is 2. The Kier molecular flexibility index (Phi) is 4.98. The number of rotatable bonds is 4. The van der Waals surface area contributed by atoms with Gasteiger partial charge in [-0.3, -0.25) is 9.59 Å². The lowest BCUT2D eigenvalue weighted by atomic mass is 10.1. The molecule has 3 aromatic rings. The van der Waals surface area contributed by atoms with Crippen LogP contribution in [0.25, 0.3) is 10.8 Å². The molecule has 154 valence electrons. The molecule has 1 aliphatic heterocycles. The van der Waals surface area contributed by atoms with Crippen LogP contribution in [0, 0.1) is 0 Å². The normalized spacial score (nSPS) is 13.8. The highest BCUT2D eigenvalue weighted by molar-refractivity contribution is 7.89. The molecule has 1 N–H and O–H groups in total. The lowest BCUT2D eigenvalue weighted by Crippen LogP contribution is -2.45. The van der Waals surface area contributed by atoms with Gasteiger partial charge in [-0.1, -0.05) is 47.5 Å². The highest BCUT2D eigenvalue weighted by atomic mass is 35.5. The molecule has 0 spiro atoms. The Bertz CT molecular complexity index is 1300. The molecule has 0 aromatic heterocycles. The summed E-state index contributed by atoms with van der Waals surface area (Å²) >= 11 is 11.9. The van der Waals surface area contributed by atoms with E-state index in [0.29, 0.717) is 15.8 Å². The average molecular weight is 464 g/mol. The fourth-order valence-electron chi connectivity index (χ4n) is 3.37. The van der Waals surface area contributed by atoms with Gasteiger partial charge in [-0.05, 0) is 24.3 Å². The largest absolute Gasteiger partial charge is 0.377 e. The zero-order chi connectivity index (χ0) is 21.8. The van der Waals surface area contributed by atoms with Crippen molar-refractivity contribution in [1.82, 2.24) is 9.84 Å². The number of carbonyl (C=O) groups excluding carboxylic acids is 2. The zero-order valence-electron chi connectivity index (χ0n) is 15.8. The number of nitrogens with zero attached hydrogens (tertiary/aromatic N) is 2. The second-order valence-corrected chi connectivity index (χ2v) is 9.32. The Morgan fingerprint density at radius 1 is 0.867 bits per heavy atom. The molecule has 1 heterocycles. The SMILES string of the molecule is CN(C)c1ccc(S(=O)(=O)NN2C(=O)c3cc(Cl)c(Cl)cc3C2=O)c2ccccc12. The number of fused-ring (bicyclic) bond motifs is 2. The molecule has 0 bridgehead atoms. The number of benzene rings is 3. The summed E-state index contributed by atoms with van der Waals surface area (Å²) in [6.45, 7) is 0. The summed E-state index contributed by atoms with van der Waals surface area (Å²) in [6.07, 6.45) is 0. The molecular formula is C20H15Cl2N3O4S. The van der Waals surface area contributed by atoms with E-state index in [9.17, 15) is 18.0 Å². The molecule has 2 amide bonds. The van der Waals surface area contributed by atoms with E-state index >= 15 is 0 Å². The second-order valence-electron chi connectivity index (χ2n) is 6.88. The third-order valence-electron chi connectivity index (χ3n) is 4.77. The first-order chi connectivity index (χ1) is 14.1. The molecule has 7 nitrogen and oxygen atoms in total. The predicted molar refractivity (Wildman–Crippen MR) is 116 cm³/mol. The van der Waals surface area contributed by atoms with Crippen LogP contribution in [0.2, 0.25) is 10.0 Å². The number of halogens is 2. The minimum Gasteiger partial charge on any atom is -0.377 e. The molecule has 4 rings (SSSR count). The third kappa shape index (κ3) is 3.22. The number of hydrogen-bond donors (Lipinski definition) is 1. The van der Waals surface area contributed by atoms with Crippen molar-refractivity contribution in [2.45, 2.75) is 4.90 Å². The van der Waals surface area contributed by atoms with Gasteiger partial charge in [0.1, 0.15) is 0 Å². The van der Waals surface area contributed by atoms with Crippen LogP contribution in [0.15, 0.2) is 53.4 Å². The van der Waals surface area contributed by atoms with E-state index < -0.39 is 21.8 Å². The van der Waals surface area contributed by atoms with Crippen molar-refractivity contribution in [3.63, 3.8) is 0 Å². The van der Waals surface area contributed by atoms with Crippen molar-refractivity contribution in [3.8, 4) is 0 Å². The molecule has 0 radical (unpaired) electrons. The smallest absolute Gasteiger partial charge is 0.277 e. The Hall–Kier alpha value is -2.65. The summed E-state index contributed by atoms with van der Waals surface area (Å²) in [6, 6.07) is 12.6. The van der Waals surface area contributed by atoms with Crippen LogP contribution in [0.5, 0.6) is 0 Å². The molecule has 0 atom stereocenters. The molecule has 0 aliphatic carbocycles. The van der Waals surface area contributed by atoms with Crippen LogP contribution in [0.1, 0.15) is 20.7 Å². The summed E-state index contributed by atoms with van der Waals surface area (Å²) in [5, 5.41) is 1.81. The Balaban J connectivity index is 1.77. The minimum atomic E-state index is -4.27. The molecule has 3 aromatic carbocycles. The predicted octanol–water partition coefficient (Wildman–Crippen LogP) is 3.70. The van der Waals surface area contributed by atoms with Crippen molar-refractivity contribution in [2.24, 2.45) is 0 Å². The van der Waals surface area contributed by atoms with E-state index in [1.165, 1.54) is 18.2 Å². The first-order valence-electron chi connectivity index (χ1n) is 8.71. The average Bonchev–Trinajstić information content (AvgIpc) is 2.91. The van der Waals surface area contributed by atoms with E-state index in [1.807, 2.05) is 19.0 Å². The topological polar surface area (TPSA) is 86.8 Å². The maximum Gasteiger partial charge on any atom is 0.277 e. The zero-order valence-corrected chi connectivity index (χ0v) is 18.1. The molecule has 1 aliphatic rings. The van der Waals surface area contributed by atoms with E-state index in [4.69, 9.17) is 23.2 Å². The van der Waals surface area contributed by atoms with Crippen molar-refractivity contribution >= 4 is 61.5 Å². The quantitative estimate of drug-likeness (QED) is 0.595. The number of anilines is 1. The molecule has 0 saturated carbocycles. The molecule has 0 unspecified atom stereocenters. The Morgan fingerprint density at radius 2 is 1.40 bits per heavy atom. The van der Waals surface area contributed by atoms with Gasteiger partial charge in [0.05, 0.1) is 26.1 Å². The number of hydrazine groups is 1. The van der Waals surface area contributed by atoms with E-state index in [0.717, 1.165) is 5.69 Å². The molecule has 0 saturated heterocycles. The van der Waals surface area contributed by atoms with Crippen LogP contribution in [0.4, 0.5) is 5.69 Å². The van der Waals surface area contributed by atoms with Gasteiger partial charge < -0.3 is 4.90 Å². The van der Waals surface area contributed by atoms with Gasteiger partial charge >= 0.3 is 0 Å². The number of sulfonamides is 1. The first-order valence-corrected chi connectivity index (χ1v) is 10.9. The van der Waals surface area contributed by atoms with Gasteiger partial charge in [0.2, 0.25) is 0 Å². The van der Waals surface area contributed by atoms with Crippen LogP contribution < -0.4 is 9.73 Å². The van der Waals surface area contributed by atoms with Gasteiger partial charge in [0, 0.05) is 30.6 Å². The Morgan fingerprint density at radius 3 is 1.93 bits per heavy atom. The summed E-state index contributed by atoms with van der Waals surface area (Å²) in [4.78, 5) is 29.2. The number of imide groups is 1. The van der Waals surface area contributed by atoms with E-state index in [1.54, 1.807) is 30.3 Å². The maximum absolute atomic E-state index is 13.1. The minimum absolute atomic E-state index is 0.0232. The lowest BCUT2D eigenvalue weighted by molar-refractivity contribution is 0.0618. The van der Waals surface area contributed by atoms with Gasteiger partial charge in [-0.25, -0.2) is 8.42 Å². The first kappa shape index (κ1) is 20.6. The van der Waals surface area contributed by atoms with Crippen molar-refractivity contribution in [2.75, 3.05) is 19.0 Å². The molecule has 10 heteroatoms. The van der Waals surface area contributed by atoms with Crippen molar-refractivity contribution in [3.05, 3.63) is 69.7 Å². The monoisotopic (exact) mass is 463 g/mol. The molecular weight excluding hydrogens is 449 g/mol. The van der Waals surface area contributed by atoms with Crippen molar-refractivity contribution in [1.29, 1.82) is 0 Å². The van der Waals surface area contributed by atoms with Crippen LogP contribution in [0.3, 0.4) is 0 Å². The number of carbonyl (C=O) groups is 2. The van der Waals surface area contributed by atoms with E-state index in [2.05, 4.69) is 4.83 Å². The fourth-order valence-corrected chi connectivity index (χ4v) is 4.91. The van der Waals surface area contributed by atoms with E-state index in [-0.39, 0.29) is 26.1 Å².